The van der Waals surface area contributed by atoms with E-state index in [0.717, 1.165) is 83.7 Å². The fourth-order valence-corrected chi connectivity index (χ4v) is 6.91. The minimum absolute atomic E-state index is 0.179. The normalized spacial score (nSPS) is 16.6. The highest BCUT2D eigenvalue weighted by molar-refractivity contribution is 5.97. The Hall–Kier alpha value is -4.39. The van der Waals surface area contributed by atoms with Crippen LogP contribution in [0.2, 0.25) is 0 Å². The molecule has 4 N–H and O–H groups in total. The standard InChI is InChI=1S/C38H49FN8O3.C2H6/c1-4-34-31(37(44-29-11-15-50-16-12-29)32-22-43-47(5-2)38(32)45-34)21-42-36(49)19-35(48)41-20-26-9-10-33(39)30(18-26)28-8-6-7-27(17-28)24-46-14-13-40-25(3)23-46;1-2/h6-10,17-18,22,25,29,40H,4-5,11-16,19-21,23-24H2,1-3H3,(H,41,48)(H,42,49)(H,44,45);1-2H3. The molecule has 2 aliphatic rings. The molecule has 0 bridgehead atoms. The van der Waals surface area contributed by atoms with Crippen LogP contribution in [0, 0.1) is 5.82 Å². The van der Waals surface area contributed by atoms with Crippen molar-refractivity contribution in [2.45, 2.75) is 98.6 Å². The van der Waals surface area contributed by atoms with Crippen LogP contribution in [0.5, 0.6) is 0 Å². The Bertz CT molecular complexity index is 1810. The smallest absolute Gasteiger partial charge is 0.229 e. The summed E-state index contributed by atoms with van der Waals surface area (Å²) in [5, 5.41) is 18.4. The number of amides is 2. The zero-order chi connectivity index (χ0) is 37.0. The summed E-state index contributed by atoms with van der Waals surface area (Å²) in [6.07, 6.45) is 3.96. The summed E-state index contributed by atoms with van der Waals surface area (Å²) in [5.74, 6) is -1.12. The number of pyridine rings is 1. The number of carbonyl (C=O) groups excluding carboxylic acids is 2. The summed E-state index contributed by atoms with van der Waals surface area (Å²) in [7, 11) is 0. The first kappa shape index (κ1) is 38.8. The molecule has 1 atom stereocenters. The Kier molecular flexibility index (Phi) is 14.1. The number of aromatic nitrogens is 3. The fraction of sp³-hybridized carbons (Fsp3) is 0.500. The van der Waals surface area contributed by atoms with Gasteiger partial charge in [-0.2, -0.15) is 5.10 Å². The van der Waals surface area contributed by atoms with Crippen molar-refractivity contribution in [3.05, 3.63) is 76.9 Å². The van der Waals surface area contributed by atoms with E-state index in [9.17, 15) is 9.59 Å². The summed E-state index contributed by atoms with van der Waals surface area (Å²) in [4.78, 5) is 33.2. The van der Waals surface area contributed by atoms with Gasteiger partial charge in [-0.15, -0.1) is 0 Å². The highest BCUT2D eigenvalue weighted by atomic mass is 19.1. The van der Waals surface area contributed by atoms with Gasteiger partial charge in [-0.25, -0.2) is 14.1 Å². The van der Waals surface area contributed by atoms with E-state index in [0.29, 0.717) is 37.8 Å². The quantitative estimate of drug-likeness (QED) is 0.133. The van der Waals surface area contributed by atoms with Gasteiger partial charge in [0.25, 0.3) is 0 Å². The van der Waals surface area contributed by atoms with E-state index in [-0.39, 0.29) is 37.3 Å². The third kappa shape index (κ3) is 9.93. The highest BCUT2D eigenvalue weighted by Crippen LogP contribution is 2.31. The Balaban J connectivity index is 0.00000257. The molecule has 2 saturated heterocycles. The molecule has 52 heavy (non-hydrogen) atoms. The zero-order valence-electron chi connectivity index (χ0n) is 31.4. The molecule has 2 aromatic carbocycles. The molecule has 1 unspecified atom stereocenters. The van der Waals surface area contributed by atoms with Crippen LogP contribution in [-0.4, -0.2) is 76.4 Å². The lowest BCUT2D eigenvalue weighted by atomic mass is 10.00. The van der Waals surface area contributed by atoms with E-state index in [4.69, 9.17) is 9.72 Å². The molecule has 2 amide bonds. The molecule has 0 radical (unpaired) electrons. The Labute approximate surface area is 307 Å². The number of nitrogens with one attached hydrogen (secondary N) is 4. The molecule has 280 valence electrons. The van der Waals surface area contributed by atoms with Crippen LogP contribution in [0.25, 0.3) is 22.2 Å². The van der Waals surface area contributed by atoms with Gasteiger partial charge < -0.3 is 26.0 Å². The molecule has 4 aromatic rings. The van der Waals surface area contributed by atoms with Gasteiger partial charge in [0.15, 0.2) is 5.65 Å². The van der Waals surface area contributed by atoms with E-state index in [1.807, 2.05) is 56.8 Å². The van der Waals surface area contributed by atoms with Crippen LogP contribution >= 0.6 is 0 Å². The second-order valence-electron chi connectivity index (χ2n) is 13.3. The number of benzene rings is 2. The lowest BCUT2D eigenvalue weighted by molar-refractivity contribution is -0.129. The largest absolute Gasteiger partial charge is 0.381 e. The molecule has 0 aliphatic carbocycles. The van der Waals surface area contributed by atoms with E-state index in [2.05, 4.69) is 44.3 Å². The summed E-state index contributed by atoms with van der Waals surface area (Å²) in [5.41, 5.74) is 6.68. The third-order valence-electron chi connectivity index (χ3n) is 9.58. The van der Waals surface area contributed by atoms with Crippen molar-refractivity contribution in [1.82, 2.24) is 35.6 Å². The van der Waals surface area contributed by atoms with Crippen molar-refractivity contribution >= 4 is 28.5 Å². The number of aryl methyl sites for hydroxylation is 2. The van der Waals surface area contributed by atoms with Gasteiger partial charge in [-0.05, 0) is 68.0 Å². The fourth-order valence-electron chi connectivity index (χ4n) is 6.91. The highest BCUT2D eigenvalue weighted by Gasteiger charge is 2.23. The van der Waals surface area contributed by atoms with Crippen LogP contribution < -0.4 is 21.3 Å². The molecule has 0 spiro atoms. The first-order valence-electron chi connectivity index (χ1n) is 18.9. The van der Waals surface area contributed by atoms with Crippen molar-refractivity contribution in [1.29, 1.82) is 0 Å². The van der Waals surface area contributed by atoms with Crippen LogP contribution in [0.4, 0.5) is 10.1 Å². The number of piperazine rings is 1. The maximum atomic E-state index is 15.0. The molecule has 4 heterocycles. The number of nitrogens with zero attached hydrogens (tertiary/aromatic N) is 4. The van der Waals surface area contributed by atoms with Gasteiger partial charge in [-0.3, -0.25) is 14.5 Å². The summed E-state index contributed by atoms with van der Waals surface area (Å²) in [6, 6.07) is 13.5. The number of rotatable bonds is 13. The second kappa shape index (κ2) is 18.9. The van der Waals surface area contributed by atoms with Gasteiger partial charge in [0.1, 0.15) is 12.2 Å². The second-order valence-corrected chi connectivity index (χ2v) is 13.3. The van der Waals surface area contributed by atoms with Crippen LogP contribution in [-0.2, 0) is 46.9 Å². The SMILES string of the molecule is CC.CCc1nc2c(cnn2CC)c(NC2CCOCC2)c1CNC(=O)CC(=O)NCc1ccc(F)c(-c2cccc(CN3CCNC(C)C3)c2)c1. The van der Waals surface area contributed by atoms with Crippen molar-refractivity contribution in [2.75, 3.05) is 38.2 Å². The van der Waals surface area contributed by atoms with E-state index < -0.39 is 5.91 Å². The van der Waals surface area contributed by atoms with Crippen molar-refractivity contribution in [3.8, 4) is 11.1 Å². The number of hydrogen-bond donors (Lipinski definition) is 4. The minimum Gasteiger partial charge on any atom is -0.381 e. The zero-order valence-corrected chi connectivity index (χ0v) is 31.4. The van der Waals surface area contributed by atoms with Gasteiger partial charge in [0.05, 0.1) is 17.3 Å². The predicted molar refractivity (Wildman–Crippen MR) is 204 cm³/mol. The predicted octanol–water partition coefficient (Wildman–Crippen LogP) is 5.55. The summed E-state index contributed by atoms with van der Waals surface area (Å²) < 4.78 is 22.5. The van der Waals surface area contributed by atoms with Crippen molar-refractivity contribution in [3.63, 3.8) is 0 Å². The molecule has 2 fully saturated rings. The van der Waals surface area contributed by atoms with Crippen LogP contribution in [0.3, 0.4) is 0 Å². The Morgan fingerprint density at radius 1 is 1.02 bits per heavy atom. The summed E-state index contributed by atoms with van der Waals surface area (Å²) >= 11 is 0. The molecule has 0 saturated carbocycles. The average Bonchev–Trinajstić information content (AvgIpc) is 3.58. The minimum atomic E-state index is -0.408. The van der Waals surface area contributed by atoms with Gasteiger partial charge >= 0.3 is 0 Å². The molecule has 6 rings (SSSR count). The van der Waals surface area contributed by atoms with Gasteiger partial charge in [-0.1, -0.05) is 45.0 Å². The molecular weight excluding hydrogens is 659 g/mol. The summed E-state index contributed by atoms with van der Waals surface area (Å²) in [6.45, 7) is 16.5. The van der Waals surface area contributed by atoms with Crippen molar-refractivity contribution in [2.24, 2.45) is 0 Å². The monoisotopic (exact) mass is 714 g/mol. The number of halogens is 1. The Morgan fingerprint density at radius 2 is 1.79 bits per heavy atom. The number of hydrogen-bond acceptors (Lipinski definition) is 8. The first-order chi connectivity index (χ1) is 25.3. The average molecular weight is 715 g/mol. The number of fused-ring (bicyclic) bond motifs is 1. The van der Waals surface area contributed by atoms with Crippen LogP contribution in [0.1, 0.15) is 76.3 Å². The number of anilines is 1. The Morgan fingerprint density at radius 3 is 2.52 bits per heavy atom. The van der Waals surface area contributed by atoms with E-state index in [1.54, 1.807) is 12.1 Å². The lowest BCUT2D eigenvalue weighted by Gasteiger charge is -2.31. The first-order valence-corrected chi connectivity index (χ1v) is 18.9. The van der Waals surface area contributed by atoms with Gasteiger partial charge in [0.2, 0.25) is 11.8 Å². The molecule has 2 aliphatic heterocycles. The molecule has 2 aromatic heterocycles. The lowest BCUT2D eigenvalue weighted by Crippen LogP contribution is -2.48. The van der Waals surface area contributed by atoms with Crippen LogP contribution in [0.15, 0.2) is 48.7 Å². The number of carbonyl (C=O) groups is 2. The maximum absolute atomic E-state index is 15.0. The maximum Gasteiger partial charge on any atom is 0.229 e. The van der Waals surface area contributed by atoms with Gasteiger partial charge in [0, 0.05) is 87.9 Å². The van der Waals surface area contributed by atoms with E-state index in [1.165, 1.54) is 6.07 Å². The van der Waals surface area contributed by atoms with E-state index >= 15 is 4.39 Å². The third-order valence-corrected chi connectivity index (χ3v) is 9.58. The molecule has 11 nitrogen and oxygen atoms in total. The molecule has 12 heteroatoms. The number of ether oxygens (including phenoxy) is 1. The topological polar surface area (TPSA) is 125 Å². The van der Waals surface area contributed by atoms with Crippen molar-refractivity contribution < 1.29 is 18.7 Å². The molecular formula is C40H55FN8O3.